The average molecular weight is 240 g/mol. The number of nitrogens with zero attached hydrogens (tertiary/aromatic N) is 1. The first kappa shape index (κ1) is 11.9. The lowest BCUT2D eigenvalue weighted by Crippen LogP contribution is -2.26. The predicted molar refractivity (Wildman–Crippen MR) is 65.7 cm³/mol. The van der Waals surface area contributed by atoms with Gasteiger partial charge >= 0.3 is 0 Å². The van der Waals surface area contributed by atoms with Gasteiger partial charge in [0.25, 0.3) is 5.91 Å². The number of benzene rings is 1. The fourth-order valence-corrected chi connectivity index (χ4v) is 1.58. The number of amides is 1. The Balaban J connectivity index is 2.05. The zero-order valence-electron chi connectivity index (χ0n) is 9.88. The van der Waals surface area contributed by atoms with Crippen LogP contribution in [0, 0.1) is 11.3 Å². The Morgan fingerprint density at radius 2 is 2.06 bits per heavy atom. The molecule has 0 unspecified atom stereocenters. The molecule has 4 nitrogen and oxygen atoms in total. The van der Waals surface area contributed by atoms with Crippen LogP contribution in [0.2, 0.25) is 0 Å². The molecule has 1 atom stereocenters. The Kier molecular flexibility index (Phi) is 3.44. The summed E-state index contributed by atoms with van der Waals surface area (Å²) in [5, 5.41) is 11.5. The van der Waals surface area contributed by atoms with Crippen molar-refractivity contribution in [3.8, 4) is 6.07 Å². The quantitative estimate of drug-likeness (QED) is 0.896. The summed E-state index contributed by atoms with van der Waals surface area (Å²) in [6.07, 6.45) is 1.57. The second kappa shape index (κ2) is 5.19. The molecule has 0 saturated carbocycles. The molecule has 0 aliphatic carbocycles. The summed E-state index contributed by atoms with van der Waals surface area (Å²) in [5.74, 6) is 0.514. The van der Waals surface area contributed by atoms with Gasteiger partial charge in [0.15, 0.2) is 0 Å². The van der Waals surface area contributed by atoms with E-state index in [4.69, 9.17) is 9.68 Å². The Bertz CT molecular complexity index is 565. The lowest BCUT2D eigenvalue weighted by atomic mass is 10.1. The summed E-state index contributed by atoms with van der Waals surface area (Å²) < 4.78 is 5.21. The fraction of sp³-hybridized carbons (Fsp3) is 0.143. The van der Waals surface area contributed by atoms with Gasteiger partial charge in [-0.15, -0.1) is 0 Å². The van der Waals surface area contributed by atoms with Crippen LogP contribution < -0.4 is 5.32 Å². The van der Waals surface area contributed by atoms with Crippen LogP contribution in [-0.2, 0) is 0 Å². The van der Waals surface area contributed by atoms with Crippen LogP contribution in [0.15, 0.2) is 47.1 Å². The first-order chi connectivity index (χ1) is 8.70. The second-order valence-electron chi connectivity index (χ2n) is 3.90. The number of nitriles is 1. The lowest BCUT2D eigenvalue weighted by molar-refractivity contribution is 0.0935. The third kappa shape index (κ3) is 2.58. The number of rotatable bonds is 3. The highest BCUT2D eigenvalue weighted by molar-refractivity contribution is 5.94. The van der Waals surface area contributed by atoms with E-state index >= 15 is 0 Å². The minimum atomic E-state index is -0.192. The van der Waals surface area contributed by atoms with Crippen molar-refractivity contribution < 1.29 is 9.21 Å². The number of carbonyl (C=O) groups excluding carboxylic acids is 1. The van der Waals surface area contributed by atoms with E-state index in [0.717, 1.165) is 0 Å². The highest BCUT2D eigenvalue weighted by Crippen LogP contribution is 2.13. The summed E-state index contributed by atoms with van der Waals surface area (Å²) in [6, 6.07) is 11.9. The Morgan fingerprint density at radius 1 is 1.33 bits per heavy atom. The molecular weight excluding hydrogens is 228 g/mol. The van der Waals surface area contributed by atoms with E-state index in [2.05, 4.69) is 5.32 Å². The molecule has 0 fully saturated rings. The molecule has 1 aromatic carbocycles. The molecule has 1 aromatic heterocycles. The van der Waals surface area contributed by atoms with Crippen LogP contribution in [0.4, 0.5) is 0 Å². The molecule has 4 heteroatoms. The Labute approximate surface area is 105 Å². The lowest BCUT2D eigenvalue weighted by Gasteiger charge is -2.11. The predicted octanol–water partition coefficient (Wildman–Crippen LogP) is 2.64. The van der Waals surface area contributed by atoms with Gasteiger partial charge in [-0.2, -0.15) is 5.26 Å². The summed E-state index contributed by atoms with van der Waals surface area (Å²) >= 11 is 0. The van der Waals surface area contributed by atoms with Crippen molar-refractivity contribution in [2.45, 2.75) is 13.0 Å². The third-order valence-electron chi connectivity index (χ3n) is 2.59. The van der Waals surface area contributed by atoms with Gasteiger partial charge in [-0.1, -0.05) is 0 Å². The molecule has 1 amide bonds. The van der Waals surface area contributed by atoms with E-state index in [1.165, 1.54) is 0 Å². The number of carbonyl (C=O) groups is 1. The van der Waals surface area contributed by atoms with Crippen molar-refractivity contribution in [2.24, 2.45) is 0 Å². The summed E-state index contributed by atoms with van der Waals surface area (Å²) in [7, 11) is 0. The van der Waals surface area contributed by atoms with Crippen molar-refractivity contribution in [3.05, 3.63) is 59.5 Å². The average Bonchev–Trinajstić information content (AvgIpc) is 2.92. The van der Waals surface area contributed by atoms with E-state index in [-0.39, 0.29) is 11.9 Å². The van der Waals surface area contributed by atoms with Gasteiger partial charge in [-0.25, -0.2) is 0 Å². The van der Waals surface area contributed by atoms with Gasteiger partial charge in [0.05, 0.1) is 23.9 Å². The maximum Gasteiger partial charge on any atom is 0.251 e. The van der Waals surface area contributed by atoms with Crippen molar-refractivity contribution in [3.63, 3.8) is 0 Å². The van der Waals surface area contributed by atoms with Gasteiger partial charge in [-0.05, 0) is 43.3 Å². The minimum Gasteiger partial charge on any atom is -0.467 e. The smallest absolute Gasteiger partial charge is 0.251 e. The monoisotopic (exact) mass is 240 g/mol. The van der Waals surface area contributed by atoms with Crippen molar-refractivity contribution in [1.29, 1.82) is 5.26 Å². The maximum atomic E-state index is 11.9. The molecule has 0 aliphatic heterocycles. The van der Waals surface area contributed by atoms with Crippen LogP contribution in [-0.4, -0.2) is 5.91 Å². The van der Waals surface area contributed by atoms with Crippen molar-refractivity contribution >= 4 is 5.91 Å². The van der Waals surface area contributed by atoms with Gasteiger partial charge in [0.1, 0.15) is 5.76 Å². The van der Waals surface area contributed by atoms with Gasteiger partial charge in [-0.3, -0.25) is 4.79 Å². The number of furan rings is 1. The molecule has 0 radical (unpaired) electrons. The molecule has 1 N–H and O–H groups in total. The minimum absolute atomic E-state index is 0.191. The van der Waals surface area contributed by atoms with E-state index in [9.17, 15) is 4.79 Å². The van der Waals surface area contributed by atoms with E-state index in [1.807, 2.05) is 19.1 Å². The molecular formula is C14H12N2O2. The molecule has 2 aromatic rings. The zero-order chi connectivity index (χ0) is 13.0. The number of nitrogens with one attached hydrogen (secondary N) is 1. The third-order valence-corrected chi connectivity index (χ3v) is 2.59. The van der Waals surface area contributed by atoms with E-state index < -0.39 is 0 Å². The molecule has 0 saturated heterocycles. The van der Waals surface area contributed by atoms with Gasteiger partial charge in [0.2, 0.25) is 0 Å². The zero-order valence-corrected chi connectivity index (χ0v) is 9.88. The molecule has 0 bridgehead atoms. The normalized spacial score (nSPS) is 11.6. The fourth-order valence-electron chi connectivity index (χ4n) is 1.58. The molecule has 1 heterocycles. The molecule has 90 valence electrons. The molecule has 2 rings (SSSR count). The summed E-state index contributed by atoms with van der Waals surface area (Å²) in [5.41, 5.74) is 1.05. The second-order valence-corrected chi connectivity index (χ2v) is 3.90. The van der Waals surface area contributed by atoms with Gasteiger partial charge < -0.3 is 9.73 Å². The van der Waals surface area contributed by atoms with Crippen molar-refractivity contribution in [1.82, 2.24) is 5.32 Å². The van der Waals surface area contributed by atoms with E-state index in [0.29, 0.717) is 16.9 Å². The topological polar surface area (TPSA) is 66.0 Å². The first-order valence-corrected chi connectivity index (χ1v) is 5.55. The van der Waals surface area contributed by atoms with E-state index in [1.54, 1.807) is 36.6 Å². The molecule has 18 heavy (non-hydrogen) atoms. The Hall–Kier alpha value is -2.54. The SMILES string of the molecule is C[C@H](NC(=O)c1ccc(C#N)cc1)c1ccco1. The number of hydrogen-bond acceptors (Lipinski definition) is 3. The van der Waals surface area contributed by atoms with Crippen LogP contribution in [0.5, 0.6) is 0 Å². The highest BCUT2D eigenvalue weighted by atomic mass is 16.3. The van der Waals surface area contributed by atoms with Crippen LogP contribution in [0.3, 0.4) is 0 Å². The van der Waals surface area contributed by atoms with Crippen LogP contribution >= 0.6 is 0 Å². The molecule has 0 spiro atoms. The maximum absolute atomic E-state index is 11.9. The van der Waals surface area contributed by atoms with Crippen molar-refractivity contribution in [2.75, 3.05) is 0 Å². The standard InChI is InChI=1S/C14H12N2O2/c1-10(13-3-2-8-18-13)16-14(17)12-6-4-11(9-15)5-7-12/h2-8,10H,1H3,(H,16,17)/t10-/m0/s1. The molecule has 0 aliphatic rings. The number of hydrogen-bond donors (Lipinski definition) is 1. The highest BCUT2D eigenvalue weighted by Gasteiger charge is 2.12. The van der Waals surface area contributed by atoms with Crippen LogP contribution in [0.25, 0.3) is 0 Å². The first-order valence-electron chi connectivity index (χ1n) is 5.55. The Morgan fingerprint density at radius 3 is 2.61 bits per heavy atom. The van der Waals surface area contributed by atoms with Gasteiger partial charge in [0, 0.05) is 5.56 Å². The summed E-state index contributed by atoms with van der Waals surface area (Å²) in [4.78, 5) is 11.9. The summed E-state index contributed by atoms with van der Waals surface area (Å²) in [6.45, 7) is 1.85. The largest absolute Gasteiger partial charge is 0.467 e. The van der Waals surface area contributed by atoms with Crippen LogP contribution in [0.1, 0.15) is 34.6 Å².